The second kappa shape index (κ2) is 6.12. The van der Waals surface area contributed by atoms with Crippen molar-refractivity contribution in [2.24, 2.45) is 0 Å². The van der Waals surface area contributed by atoms with E-state index in [1.54, 1.807) is 12.3 Å². The number of benzene rings is 1. The van der Waals surface area contributed by atoms with Gasteiger partial charge in [0.25, 0.3) is 0 Å². The van der Waals surface area contributed by atoms with Gasteiger partial charge in [0, 0.05) is 18.3 Å². The molecule has 1 heterocycles. The molecule has 0 atom stereocenters. The van der Waals surface area contributed by atoms with Gasteiger partial charge in [0.2, 0.25) is 0 Å². The molecule has 4 heteroatoms. The average molecular weight is 246 g/mol. The van der Waals surface area contributed by atoms with E-state index in [1.165, 1.54) is 12.1 Å². The zero-order valence-corrected chi connectivity index (χ0v) is 10.2. The Labute approximate surface area is 106 Å². The van der Waals surface area contributed by atoms with E-state index in [-0.39, 0.29) is 5.82 Å². The Kier molecular flexibility index (Phi) is 4.25. The van der Waals surface area contributed by atoms with Gasteiger partial charge in [0.15, 0.2) is 0 Å². The molecular formula is C14H15FN2O. The highest BCUT2D eigenvalue weighted by atomic mass is 19.1. The van der Waals surface area contributed by atoms with E-state index in [0.717, 1.165) is 11.3 Å². The summed E-state index contributed by atoms with van der Waals surface area (Å²) in [7, 11) is 1.81. The van der Waals surface area contributed by atoms with Crippen molar-refractivity contribution in [1.29, 1.82) is 0 Å². The molecule has 0 aliphatic rings. The van der Waals surface area contributed by atoms with Crippen molar-refractivity contribution in [3.05, 3.63) is 59.7 Å². The smallest absolute Gasteiger partial charge is 0.130 e. The zero-order chi connectivity index (χ0) is 12.8. The molecule has 1 N–H and O–H groups in total. The Morgan fingerprint density at radius 3 is 2.89 bits per heavy atom. The number of nitrogens with one attached hydrogen (secondary N) is 1. The first-order valence-corrected chi connectivity index (χ1v) is 5.75. The first-order chi connectivity index (χ1) is 8.79. The Balaban J connectivity index is 2.09. The lowest BCUT2D eigenvalue weighted by molar-refractivity contribution is 0.297. The fourth-order valence-electron chi connectivity index (χ4n) is 1.65. The molecule has 0 radical (unpaired) electrons. The predicted octanol–water partition coefficient (Wildman–Crippen LogP) is 2.52. The lowest BCUT2D eigenvalue weighted by Gasteiger charge is -2.11. The van der Waals surface area contributed by atoms with Crippen LogP contribution in [0.15, 0.2) is 42.6 Å². The molecule has 0 amide bonds. The van der Waals surface area contributed by atoms with Gasteiger partial charge in [-0.15, -0.1) is 0 Å². The van der Waals surface area contributed by atoms with E-state index in [9.17, 15) is 4.39 Å². The number of pyridine rings is 1. The predicted molar refractivity (Wildman–Crippen MR) is 67.7 cm³/mol. The molecule has 18 heavy (non-hydrogen) atoms. The molecule has 0 aliphatic carbocycles. The third kappa shape index (κ3) is 3.28. The molecule has 3 nitrogen and oxygen atoms in total. The Hall–Kier alpha value is -1.94. The van der Waals surface area contributed by atoms with E-state index >= 15 is 0 Å². The lowest BCUT2D eigenvalue weighted by Crippen LogP contribution is -2.08. The Bertz CT molecular complexity index is 502. The van der Waals surface area contributed by atoms with Crippen LogP contribution in [0.1, 0.15) is 11.3 Å². The molecule has 1 aromatic carbocycles. The summed E-state index contributed by atoms with van der Waals surface area (Å²) in [4.78, 5) is 4.17. The fraction of sp³-hybridized carbons (Fsp3) is 0.214. The summed E-state index contributed by atoms with van der Waals surface area (Å²) in [6.45, 7) is 0.943. The number of nitrogens with zero attached hydrogens (tertiary/aromatic N) is 1. The van der Waals surface area contributed by atoms with Gasteiger partial charge >= 0.3 is 0 Å². The van der Waals surface area contributed by atoms with Crippen molar-refractivity contribution in [2.45, 2.75) is 13.2 Å². The minimum Gasteiger partial charge on any atom is -0.487 e. The number of rotatable bonds is 5. The van der Waals surface area contributed by atoms with Crippen LogP contribution in [0, 0.1) is 5.82 Å². The van der Waals surface area contributed by atoms with Crippen molar-refractivity contribution < 1.29 is 9.13 Å². The van der Waals surface area contributed by atoms with Gasteiger partial charge < -0.3 is 10.1 Å². The second-order valence-corrected chi connectivity index (χ2v) is 3.89. The van der Waals surface area contributed by atoms with Crippen molar-refractivity contribution >= 4 is 0 Å². The summed E-state index contributed by atoms with van der Waals surface area (Å²) in [6, 6.07) is 10.2. The van der Waals surface area contributed by atoms with Gasteiger partial charge in [0.1, 0.15) is 18.2 Å². The monoisotopic (exact) mass is 246 g/mol. The molecule has 2 rings (SSSR count). The molecule has 0 spiro atoms. The molecule has 1 aromatic heterocycles. The van der Waals surface area contributed by atoms with Gasteiger partial charge in [-0.05, 0) is 37.4 Å². The molecule has 0 unspecified atom stereocenters. The van der Waals surface area contributed by atoms with Crippen LogP contribution in [0.25, 0.3) is 0 Å². The zero-order valence-electron chi connectivity index (χ0n) is 10.2. The molecular weight excluding hydrogens is 231 g/mol. The first kappa shape index (κ1) is 12.5. The first-order valence-electron chi connectivity index (χ1n) is 5.75. The van der Waals surface area contributed by atoms with Crippen LogP contribution in [0.2, 0.25) is 0 Å². The van der Waals surface area contributed by atoms with Crippen LogP contribution in [0.4, 0.5) is 4.39 Å². The van der Waals surface area contributed by atoms with Crippen LogP contribution >= 0.6 is 0 Å². The SMILES string of the molecule is CNCc1cc(F)ccc1OCc1ccccn1. The molecule has 2 aromatic rings. The third-order valence-electron chi connectivity index (χ3n) is 2.49. The van der Waals surface area contributed by atoms with Crippen molar-refractivity contribution in [2.75, 3.05) is 7.05 Å². The number of aromatic nitrogens is 1. The summed E-state index contributed by atoms with van der Waals surface area (Å²) in [5, 5.41) is 2.99. The minimum atomic E-state index is -0.259. The molecule has 94 valence electrons. The molecule has 0 fully saturated rings. The Morgan fingerprint density at radius 2 is 2.17 bits per heavy atom. The highest BCUT2D eigenvalue weighted by molar-refractivity contribution is 5.34. The summed E-state index contributed by atoms with van der Waals surface area (Å²) < 4.78 is 18.8. The quantitative estimate of drug-likeness (QED) is 0.880. The fourth-order valence-corrected chi connectivity index (χ4v) is 1.65. The number of ether oxygens (including phenoxy) is 1. The highest BCUT2D eigenvalue weighted by Crippen LogP contribution is 2.20. The topological polar surface area (TPSA) is 34.1 Å². The minimum absolute atomic E-state index is 0.259. The third-order valence-corrected chi connectivity index (χ3v) is 2.49. The van der Waals surface area contributed by atoms with Gasteiger partial charge in [-0.1, -0.05) is 6.07 Å². The van der Waals surface area contributed by atoms with Crippen LogP contribution in [0.5, 0.6) is 5.75 Å². The van der Waals surface area contributed by atoms with E-state index in [4.69, 9.17) is 4.74 Å². The van der Waals surface area contributed by atoms with E-state index in [2.05, 4.69) is 10.3 Å². The van der Waals surface area contributed by atoms with Gasteiger partial charge in [0.05, 0.1) is 5.69 Å². The number of hydrogen-bond acceptors (Lipinski definition) is 3. The maximum absolute atomic E-state index is 13.1. The van der Waals surface area contributed by atoms with E-state index in [1.807, 2.05) is 25.2 Å². The molecule has 0 saturated heterocycles. The summed E-state index contributed by atoms with van der Waals surface area (Å²) in [6.07, 6.45) is 1.72. The second-order valence-electron chi connectivity index (χ2n) is 3.89. The highest BCUT2D eigenvalue weighted by Gasteiger charge is 2.05. The molecule has 0 aliphatic heterocycles. The maximum Gasteiger partial charge on any atom is 0.130 e. The van der Waals surface area contributed by atoms with Gasteiger partial charge in [-0.2, -0.15) is 0 Å². The van der Waals surface area contributed by atoms with Crippen LogP contribution < -0.4 is 10.1 Å². The maximum atomic E-state index is 13.1. The van der Waals surface area contributed by atoms with Gasteiger partial charge in [-0.25, -0.2) is 4.39 Å². The molecule has 0 saturated carbocycles. The lowest BCUT2D eigenvalue weighted by atomic mass is 10.2. The van der Waals surface area contributed by atoms with Crippen LogP contribution in [-0.2, 0) is 13.2 Å². The largest absolute Gasteiger partial charge is 0.487 e. The van der Waals surface area contributed by atoms with Crippen molar-refractivity contribution in [3.8, 4) is 5.75 Å². The number of hydrogen-bond donors (Lipinski definition) is 1. The summed E-state index contributed by atoms with van der Waals surface area (Å²) in [5.41, 5.74) is 1.64. The van der Waals surface area contributed by atoms with E-state index < -0.39 is 0 Å². The van der Waals surface area contributed by atoms with Crippen molar-refractivity contribution in [3.63, 3.8) is 0 Å². The van der Waals surface area contributed by atoms with E-state index in [0.29, 0.717) is 18.9 Å². The van der Waals surface area contributed by atoms with Crippen LogP contribution in [0.3, 0.4) is 0 Å². The molecule has 0 bridgehead atoms. The Morgan fingerprint density at radius 1 is 1.28 bits per heavy atom. The normalized spacial score (nSPS) is 10.3. The van der Waals surface area contributed by atoms with Crippen molar-refractivity contribution in [1.82, 2.24) is 10.3 Å². The summed E-state index contributed by atoms with van der Waals surface area (Å²) in [5.74, 6) is 0.418. The number of halogens is 1. The standard InChI is InChI=1S/C14H15FN2O/c1-16-9-11-8-12(15)5-6-14(11)18-10-13-4-2-3-7-17-13/h2-8,16H,9-10H2,1H3. The summed E-state index contributed by atoms with van der Waals surface area (Å²) >= 11 is 0. The van der Waals surface area contributed by atoms with Crippen LogP contribution in [-0.4, -0.2) is 12.0 Å². The average Bonchev–Trinajstić information content (AvgIpc) is 2.39. The van der Waals surface area contributed by atoms with Gasteiger partial charge in [-0.3, -0.25) is 4.98 Å².